The van der Waals surface area contributed by atoms with E-state index in [4.69, 9.17) is 9.79 Å². The molecule has 3 nitrogen and oxygen atoms in total. The fraction of sp³-hybridized carbons (Fsp3) is 1.00. The van der Waals surface area contributed by atoms with Crippen LogP contribution < -0.4 is 0 Å². The Balaban J connectivity index is -0.0000000817. The molecule has 0 aromatic rings. The predicted molar refractivity (Wildman–Crippen MR) is 40.2 cm³/mol. The normalized spacial score (nSPS) is 13.0. The van der Waals surface area contributed by atoms with Crippen molar-refractivity contribution in [3.8, 4) is 0 Å². The van der Waals surface area contributed by atoms with Gasteiger partial charge in [0.15, 0.2) is 0 Å². The Kier molecular flexibility index (Phi) is 10.2. The van der Waals surface area contributed by atoms with Gasteiger partial charge in [0.25, 0.3) is 0 Å². The van der Waals surface area contributed by atoms with E-state index < -0.39 is 8.60 Å². The average molecular weight is 164 g/mol. The van der Waals surface area contributed by atoms with Crippen LogP contribution in [0.2, 0.25) is 0 Å². The Morgan fingerprint density at radius 3 is 2.22 bits per heavy atom. The third-order valence-corrected chi connectivity index (χ3v) is 1.40. The van der Waals surface area contributed by atoms with Crippen molar-refractivity contribution >= 4 is 31.7 Å². The summed E-state index contributed by atoms with van der Waals surface area (Å²) < 4.78 is 4.58. The van der Waals surface area contributed by atoms with E-state index in [2.05, 4.69) is 4.52 Å². The SMILES string of the molecule is CCC(C)OP(O)O.[H-].[H-].[Mg+2]. The van der Waals surface area contributed by atoms with Crippen molar-refractivity contribution < 1.29 is 17.2 Å². The monoisotopic (exact) mass is 164 g/mol. The van der Waals surface area contributed by atoms with Crippen LogP contribution in [0.5, 0.6) is 0 Å². The summed E-state index contributed by atoms with van der Waals surface area (Å²) in [5.41, 5.74) is 0. The molecule has 0 fully saturated rings. The molecule has 1 atom stereocenters. The maximum atomic E-state index is 8.25. The topological polar surface area (TPSA) is 49.7 Å². The molecule has 1 unspecified atom stereocenters. The second kappa shape index (κ2) is 7.19. The zero-order valence-electron chi connectivity index (χ0n) is 7.74. The van der Waals surface area contributed by atoms with Gasteiger partial charge in [0.05, 0.1) is 6.10 Å². The molecule has 9 heavy (non-hydrogen) atoms. The minimum absolute atomic E-state index is 0. The van der Waals surface area contributed by atoms with E-state index in [0.717, 1.165) is 6.42 Å². The summed E-state index contributed by atoms with van der Waals surface area (Å²) >= 11 is 0. The minimum Gasteiger partial charge on any atom is -1.00 e. The Labute approximate surface area is 75.5 Å². The molecule has 0 amide bonds. The van der Waals surface area contributed by atoms with Gasteiger partial charge < -0.3 is 17.2 Å². The Hall–Kier alpha value is 1.08. The standard InChI is InChI=1S/C4H11O3P.Mg.2H/c1-3-4(2)7-8(5)6;;;/h4-6H,3H2,1-2H3;;;/q;+2;2*-1. The van der Waals surface area contributed by atoms with Gasteiger partial charge in [-0.25, -0.2) is 0 Å². The van der Waals surface area contributed by atoms with Gasteiger partial charge in [-0.3, -0.25) is 0 Å². The van der Waals surface area contributed by atoms with Gasteiger partial charge in [-0.05, 0) is 13.3 Å². The first-order valence-corrected chi connectivity index (χ1v) is 3.68. The summed E-state index contributed by atoms with van der Waals surface area (Å²) in [6, 6.07) is 0. The van der Waals surface area contributed by atoms with E-state index in [1.165, 1.54) is 0 Å². The van der Waals surface area contributed by atoms with Crippen LogP contribution in [-0.2, 0) is 4.52 Å². The fourth-order valence-corrected chi connectivity index (χ4v) is 0.706. The molecule has 0 saturated carbocycles. The van der Waals surface area contributed by atoms with E-state index in [-0.39, 0.29) is 32.0 Å². The van der Waals surface area contributed by atoms with Crippen LogP contribution in [0.1, 0.15) is 23.1 Å². The van der Waals surface area contributed by atoms with Gasteiger partial charge in [-0.1, -0.05) is 6.92 Å². The summed E-state index contributed by atoms with van der Waals surface area (Å²) in [6.07, 6.45) is 0.760. The van der Waals surface area contributed by atoms with Gasteiger partial charge in [-0.15, -0.1) is 0 Å². The van der Waals surface area contributed by atoms with E-state index in [1.54, 1.807) is 6.92 Å². The summed E-state index contributed by atoms with van der Waals surface area (Å²) in [4.78, 5) is 16.5. The van der Waals surface area contributed by atoms with Crippen molar-refractivity contribution in [2.45, 2.75) is 26.4 Å². The molecule has 0 spiro atoms. The molecule has 0 aliphatic heterocycles. The van der Waals surface area contributed by atoms with Gasteiger partial charge in [0.1, 0.15) is 0 Å². The minimum atomic E-state index is -2.15. The molecule has 0 heterocycles. The number of rotatable bonds is 3. The van der Waals surface area contributed by atoms with Crippen LogP contribution in [0.25, 0.3) is 0 Å². The summed E-state index contributed by atoms with van der Waals surface area (Å²) in [5, 5.41) is 0. The molecule has 0 aromatic heterocycles. The van der Waals surface area contributed by atoms with Gasteiger partial charge in [-0.2, -0.15) is 0 Å². The van der Waals surface area contributed by atoms with Gasteiger partial charge in [0, 0.05) is 0 Å². The first-order chi connectivity index (χ1) is 3.66. The average Bonchev–Trinajstić information content (AvgIpc) is 1.65. The second-order valence-electron chi connectivity index (χ2n) is 1.58. The fourth-order valence-electron chi connectivity index (χ4n) is 0.235. The molecule has 0 aliphatic carbocycles. The van der Waals surface area contributed by atoms with Crippen LogP contribution in [0.4, 0.5) is 0 Å². The summed E-state index contributed by atoms with van der Waals surface area (Å²) in [7, 11) is -2.15. The van der Waals surface area contributed by atoms with Crippen molar-refractivity contribution in [1.82, 2.24) is 0 Å². The second-order valence-corrected chi connectivity index (χ2v) is 2.29. The van der Waals surface area contributed by atoms with Crippen LogP contribution in [0.3, 0.4) is 0 Å². The first-order valence-electron chi connectivity index (χ1n) is 2.51. The molecule has 2 N–H and O–H groups in total. The van der Waals surface area contributed by atoms with Crippen molar-refractivity contribution in [1.29, 1.82) is 0 Å². The van der Waals surface area contributed by atoms with Crippen LogP contribution in [0, 0.1) is 0 Å². The Morgan fingerprint density at radius 1 is 1.67 bits per heavy atom. The van der Waals surface area contributed by atoms with Gasteiger partial charge in [0.2, 0.25) is 0 Å². The van der Waals surface area contributed by atoms with Crippen molar-refractivity contribution in [2.75, 3.05) is 0 Å². The first kappa shape index (κ1) is 12.7. The largest absolute Gasteiger partial charge is 2.00 e. The Bertz CT molecular complexity index is 69.3. The molecular weight excluding hydrogens is 151 g/mol. The molecule has 0 rings (SSSR count). The number of hydrogen-bond donors (Lipinski definition) is 2. The quantitative estimate of drug-likeness (QED) is 0.480. The summed E-state index contributed by atoms with van der Waals surface area (Å²) in [6.45, 7) is 3.71. The molecular formula is C4H13MgO3P. The van der Waals surface area contributed by atoms with Crippen LogP contribution >= 0.6 is 8.60 Å². The number of hydrogen-bond acceptors (Lipinski definition) is 3. The molecule has 0 bridgehead atoms. The predicted octanol–water partition coefficient (Wildman–Crippen LogP) is 0.857. The van der Waals surface area contributed by atoms with Crippen molar-refractivity contribution in [2.24, 2.45) is 0 Å². The zero-order valence-corrected chi connectivity index (χ0v) is 8.05. The van der Waals surface area contributed by atoms with Crippen LogP contribution in [-0.4, -0.2) is 38.9 Å². The maximum absolute atomic E-state index is 8.25. The molecule has 5 heteroatoms. The van der Waals surface area contributed by atoms with E-state index in [0.29, 0.717) is 0 Å². The van der Waals surface area contributed by atoms with Gasteiger partial charge >= 0.3 is 31.7 Å². The molecule has 0 radical (unpaired) electrons. The van der Waals surface area contributed by atoms with Crippen molar-refractivity contribution in [3.05, 3.63) is 0 Å². The molecule has 54 valence electrons. The third kappa shape index (κ3) is 9.08. The van der Waals surface area contributed by atoms with Crippen molar-refractivity contribution in [3.63, 3.8) is 0 Å². The molecule has 0 aromatic carbocycles. The summed E-state index contributed by atoms with van der Waals surface area (Å²) in [5.74, 6) is 0. The third-order valence-electron chi connectivity index (χ3n) is 0.849. The van der Waals surface area contributed by atoms with E-state index in [1.807, 2.05) is 6.92 Å². The smallest absolute Gasteiger partial charge is 1.00 e. The molecule has 0 aliphatic rings. The molecule has 0 saturated heterocycles. The van der Waals surface area contributed by atoms with E-state index >= 15 is 0 Å². The van der Waals surface area contributed by atoms with Crippen LogP contribution in [0.15, 0.2) is 0 Å². The van der Waals surface area contributed by atoms with E-state index in [9.17, 15) is 0 Å². The maximum Gasteiger partial charge on any atom is 2.00 e. The Morgan fingerprint density at radius 2 is 2.11 bits per heavy atom. The zero-order chi connectivity index (χ0) is 6.57.